The molecule has 0 aromatic rings. The lowest BCUT2D eigenvalue weighted by molar-refractivity contribution is 0.0831. The van der Waals surface area contributed by atoms with Crippen molar-refractivity contribution in [2.24, 2.45) is 17.3 Å². The molecular formula is C13H26BN. The second kappa shape index (κ2) is 5.38. The monoisotopic (exact) mass is 207 g/mol. The van der Waals surface area contributed by atoms with Gasteiger partial charge in [-0.3, -0.25) is 0 Å². The molecule has 1 nitrogen and oxygen atoms in total. The van der Waals surface area contributed by atoms with Crippen LogP contribution in [0.15, 0.2) is 0 Å². The van der Waals surface area contributed by atoms with Gasteiger partial charge in [0, 0.05) is 0 Å². The molecule has 0 heterocycles. The van der Waals surface area contributed by atoms with E-state index in [-0.39, 0.29) is 0 Å². The first kappa shape index (κ1) is 13.1. The Morgan fingerprint density at radius 3 is 2.53 bits per heavy atom. The van der Waals surface area contributed by atoms with Gasteiger partial charge in [0.05, 0.1) is 0 Å². The van der Waals surface area contributed by atoms with Crippen LogP contribution in [-0.4, -0.2) is 14.0 Å². The quantitative estimate of drug-likeness (QED) is 0.682. The van der Waals surface area contributed by atoms with Gasteiger partial charge in [0.2, 0.25) is 0 Å². The summed E-state index contributed by atoms with van der Waals surface area (Å²) in [6.45, 7) is 9.33. The Morgan fingerprint density at radius 1 is 1.40 bits per heavy atom. The Labute approximate surface area is 96.8 Å². The lowest BCUT2D eigenvalue weighted by Gasteiger charge is -2.43. The molecule has 0 spiro atoms. The summed E-state index contributed by atoms with van der Waals surface area (Å²) in [7, 11) is 5.62. The van der Waals surface area contributed by atoms with Crippen molar-refractivity contribution in [3.63, 3.8) is 0 Å². The molecule has 0 amide bonds. The molecule has 0 aromatic carbocycles. The lowest BCUT2D eigenvalue weighted by atomic mass is 9.64. The minimum Gasteiger partial charge on any atom is -0.364 e. The molecule has 0 aliphatic heterocycles. The highest BCUT2D eigenvalue weighted by atomic mass is 14.8. The second-order valence-corrected chi connectivity index (χ2v) is 5.35. The number of hydrogen-bond acceptors (Lipinski definition) is 1. The summed E-state index contributed by atoms with van der Waals surface area (Å²) in [5.74, 6) is 1.59. The Hall–Kier alpha value is 0.0249. The average molecular weight is 207 g/mol. The highest BCUT2D eigenvalue weighted by molar-refractivity contribution is 6.04. The number of nitrogens with one attached hydrogen (secondary N) is 1. The third-order valence-electron chi connectivity index (χ3n) is 5.01. The van der Waals surface area contributed by atoms with Crippen molar-refractivity contribution >= 4 is 7.98 Å². The lowest BCUT2D eigenvalue weighted by Crippen LogP contribution is -2.43. The van der Waals surface area contributed by atoms with Crippen LogP contribution >= 0.6 is 0 Å². The van der Waals surface area contributed by atoms with Crippen LogP contribution in [-0.2, 0) is 0 Å². The summed E-state index contributed by atoms with van der Waals surface area (Å²) in [5.41, 5.74) is 0.542. The van der Waals surface area contributed by atoms with Gasteiger partial charge in [-0.15, -0.1) is 0 Å². The third-order valence-corrected chi connectivity index (χ3v) is 5.01. The average Bonchev–Trinajstić information content (AvgIpc) is 2.71. The summed E-state index contributed by atoms with van der Waals surface area (Å²) >= 11 is 0. The minimum atomic E-state index is 0.460. The van der Waals surface area contributed by atoms with Crippen LogP contribution in [0, 0.1) is 17.3 Å². The third kappa shape index (κ3) is 2.25. The first-order chi connectivity index (χ1) is 7.12. The van der Waals surface area contributed by atoms with E-state index in [0.717, 1.165) is 11.8 Å². The molecule has 1 rings (SSSR count). The van der Waals surface area contributed by atoms with E-state index >= 15 is 0 Å². The molecule has 1 saturated carbocycles. The summed E-state index contributed by atoms with van der Waals surface area (Å²) in [6, 6.07) is 0.460. The van der Waals surface area contributed by atoms with Crippen molar-refractivity contribution in [3.05, 3.63) is 0 Å². The Kier molecular flexibility index (Phi) is 4.70. The van der Waals surface area contributed by atoms with Gasteiger partial charge >= 0.3 is 0 Å². The molecule has 0 bridgehead atoms. The molecule has 1 aliphatic carbocycles. The van der Waals surface area contributed by atoms with Crippen LogP contribution in [0.1, 0.15) is 59.8 Å². The zero-order valence-corrected chi connectivity index (χ0v) is 10.8. The second-order valence-electron chi connectivity index (χ2n) is 5.35. The molecule has 4 atom stereocenters. The number of rotatable bonds is 5. The number of hydrogen-bond donors (Lipinski definition) is 1. The van der Waals surface area contributed by atoms with Gasteiger partial charge in [-0.05, 0) is 42.6 Å². The smallest absolute Gasteiger partial charge is 0.178 e. The molecule has 1 aliphatic rings. The summed E-state index contributed by atoms with van der Waals surface area (Å²) in [4.78, 5) is 0. The maximum absolute atomic E-state index is 5.62. The van der Waals surface area contributed by atoms with Gasteiger partial charge in [-0.2, -0.15) is 0 Å². The van der Waals surface area contributed by atoms with Crippen molar-refractivity contribution < 1.29 is 0 Å². The van der Waals surface area contributed by atoms with Crippen LogP contribution in [0.5, 0.6) is 0 Å². The minimum absolute atomic E-state index is 0.460. The molecule has 15 heavy (non-hydrogen) atoms. The highest BCUT2D eigenvalue weighted by Gasteiger charge is 2.46. The maximum Gasteiger partial charge on any atom is 0.178 e. The van der Waals surface area contributed by atoms with Crippen LogP contribution in [0.4, 0.5) is 0 Å². The van der Waals surface area contributed by atoms with Gasteiger partial charge in [0.25, 0.3) is 0 Å². The van der Waals surface area contributed by atoms with Crippen LogP contribution in [0.25, 0.3) is 0 Å². The SMILES string of the molecule is [B]N[C@@H](C)C1CCCC1(CC)C(C)CC. The van der Waals surface area contributed by atoms with E-state index in [4.69, 9.17) is 7.98 Å². The van der Waals surface area contributed by atoms with E-state index in [1.807, 2.05) is 0 Å². The van der Waals surface area contributed by atoms with Crippen molar-refractivity contribution in [1.82, 2.24) is 5.23 Å². The van der Waals surface area contributed by atoms with E-state index in [1.54, 1.807) is 0 Å². The first-order valence-corrected chi connectivity index (χ1v) is 6.58. The fourth-order valence-electron chi connectivity index (χ4n) is 3.79. The molecule has 1 fully saturated rings. The molecule has 1 N–H and O–H groups in total. The zero-order chi connectivity index (χ0) is 11.5. The van der Waals surface area contributed by atoms with E-state index < -0.39 is 0 Å². The Balaban J connectivity index is 2.85. The van der Waals surface area contributed by atoms with Crippen LogP contribution in [0.3, 0.4) is 0 Å². The van der Waals surface area contributed by atoms with Gasteiger partial charge in [-0.25, -0.2) is 0 Å². The molecule has 86 valence electrons. The predicted molar refractivity (Wildman–Crippen MR) is 67.9 cm³/mol. The van der Waals surface area contributed by atoms with Crippen molar-refractivity contribution in [1.29, 1.82) is 0 Å². The molecule has 0 aromatic heterocycles. The van der Waals surface area contributed by atoms with Crippen molar-refractivity contribution in [2.45, 2.75) is 65.8 Å². The Bertz CT molecular complexity index is 195. The molecule has 3 unspecified atom stereocenters. The topological polar surface area (TPSA) is 12.0 Å². The van der Waals surface area contributed by atoms with Crippen LogP contribution < -0.4 is 5.23 Å². The van der Waals surface area contributed by atoms with Gasteiger partial charge in [0.15, 0.2) is 7.98 Å². The maximum atomic E-state index is 5.62. The molecule has 0 saturated heterocycles. The van der Waals surface area contributed by atoms with Crippen molar-refractivity contribution in [2.75, 3.05) is 0 Å². The predicted octanol–water partition coefficient (Wildman–Crippen LogP) is 3.29. The van der Waals surface area contributed by atoms with Gasteiger partial charge in [0.1, 0.15) is 0 Å². The van der Waals surface area contributed by atoms with Gasteiger partial charge in [-0.1, -0.05) is 40.5 Å². The van der Waals surface area contributed by atoms with E-state index in [9.17, 15) is 0 Å². The largest absolute Gasteiger partial charge is 0.364 e. The van der Waals surface area contributed by atoms with E-state index in [1.165, 1.54) is 32.1 Å². The first-order valence-electron chi connectivity index (χ1n) is 6.58. The zero-order valence-electron chi connectivity index (χ0n) is 10.8. The summed E-state index contributed by atoms with van der Waals surface area (Å²) < 4.78 is 0. The fraction of sp³-hybridized carbons (Fsp3) is 1.00. The molecule has 2 heteroatoms. The van der Waals surface area contributed by atoms with Gasteiger partial charge < -0.3 is 5.23 Å². The van der Waals surface area contributed by atoms with E-state index in [0.29, 0.717) is 11.5 Å². The highest BCUT2D eigenvalue weighted by Crippen LogP contribution is 2.53. The Morgan fingerprint density at radius 2 is 2.07 bits per heavy atom. The normalized spacial score (nSPS) is 35.3. The molecular weight excluding hydrogens is 181 g/mol. The molecule has 2 radical (unpaired) electrons. The van der Waals surface area contributed by atoms with E-state index in [2.05, 4.69) is 32.9 Å². The summed E-state index contributed by atoms with van der Waals surface area (Å²) in [6.07, 6.45) is 6.73. The summed E-state index contributed by atoms with van der Waals surface area (Å²) in [5, 5.41) is 2.97. The fourth-order valence-corrected chi connectivity index (χ4v) is 3.79. The standard InChI is InChI=1S/C13H26BN/c1-5-10(3)13(6-2)9-7-8-12(13)11(4)15-14/h10-12,15H,5-9H2,1-4H3/t10?,11-,12?,13?/m0/s1. The van der Waals surface area contributed by atoms with Crippen molar-refractivity contribution in [3.8, 4) is 0 Å². The van der Waals surface area contributed by atoms with Crippen LogP contribution in [0.2, 0.25) is 0 Å².